The van der Waals surface area contributed by atoms with Crippen LogP contribution < -0.4 is 10.1 Å². The van der Waals surface area contributed by atoms with Crippen LogP contribution in [0, 0.1) is 5.41 Å². The van der Waals surface area contributed by atoms with Crippen molar-refractivity contribution in [1.82, 2.24) is 5.32 Å². The minimum Gasteiger partial charge on any atom is -0.493 e. The summed E-state index contributed by atoms with van der Waals surface area (Å²) in [5.41, 5.74) is 0.912. The molecule has 0 spiro atoms. The van der Waals surface area contributed by atoms with Crippen LogP contribution in [0.25, 0.3) is 11.0 Å². The molecule has 1 aromatic heterocycles. The van der Waals surface area contributed by atoms with Crippen molar-refractivity contribution in [3.8, 4) is 5.75 Å². The zero-order chi connectivity index (χ0) is 13.3. The number of rotatable bonds is 3. The van der Waals surface area contributed by atoms with Gasteiger partial charge in [0.2, 0.25) is 0 Å². The van der Waals surface area contributed by atoms with Crippen LogP contribution >= 0.6 is 0 Å². The van der Waals surface area contributed by atoms with E-state index in [9.17, 15) is 0 Å². The van der Waals surface area contributed by atoms with Crippen LogP contribution in [-0.4, -0.2) is 14.2 Å². The van der Waals surface area contributed by atoms with E-state index in [0.29, 0.717) is 0 Å². The third-order valence-corrected chi connectivity index (χ3v) is 3.19. The second-order valence-electron chi connectivity index (χ2n) is 5.62. The molecular formula is C15H21NO2. The van der Waals surface area contributed by atoms with Gasteiger partial charge in [0, 0.05) is 5.39 Å². The van der Waals surface area contributed by atoms with Gasteiger partial charge in [0.15, 0.2) is 11.3 Å². The summed E-state index contributed by atoms with van der Waals surface area (Å²) >= 11 is 0. The van der Waals surface area contributed by atoms with Gasteiger partial charge in [-0.05, 0) is 24.6 Å². The molecular weight excluding hydrogens is 226 g/mol. The van der Waals surface area contributed by atoms with E-state index in [4.69, 9.17) is 9.15 Å². The Labute approximate surface area is 108 Å². The van der Waals surface area contributed by atoms with Crippen molar-refractivity contribution in [1.29, 1.82) is 0 Å². The molecule has 3 heteroatoms. The van der Waals surface area contributed by atoms with Crippen LogP contribution in [0.2, 0.25) is 0 Å². The Morgan fingerprint density at radius 1 is 1.28 bits per heavy atom. The molecule has 18 heavy (non-hydrogen) atoms. The topological polar surface area (TPSA) is 34.4 Å². The number of hydrogen-bond acceptors (Lipinski definition) is 3. The van der Waals surface area contributed by atoms with Gasteiger partial charge in [0.25, 0.3) is 0 Å². The molecule has 1 unspecified atom stereocenters. The predicted octanol–water partition coefficient (Wildman–Crippen LogP) is 3.75. The van der Waals surface area contributed by atoms with E-state index in [1.54, 1.807) is 7.11 Å². The van der Waals surface area contributed by atoms with Gasteiger partial charge in [-0.15, -0.1) is 0 Å². The first-order valence-corrected chi connectivity index (χ1v) is 6.21. The van der Waals surface area contributed by atoms with Gasteiger partial charge in [-0.2, -0.15) is 0 Å². The Morgan fingerprint density at radius 2 is 2.00 bits per heavy atom. The average Bonchev–Trinajstić information content (AvgIpc) is 2.70. The van der Waals surface area contributed by atoms with Crippen LogP contribution in [0.4, 0.5) is 0 Å². The SMILES string of the molecule is CNC(c1cc2cccc(OC)c2o1)C(C)(C)C. The van der Waals surface area contributed by atoms with Crippen molar-refractivity contribution < 1.29 is 9.15 Å². The summed E-state index contributed by atoms with van der Waals surface area (Å²) in [6.45, 7) is 6.58. The van der Waals surface area contributed by atoms with Gasteiger partial charge < -0.3 is 14.5 Å². The molecule has 1 aromatic carbocycles. The first-order chi connectivity index (χ1) is 8.47. The maximum absolute atomic E-state index is 5.98. The van der Waals surface area contributed by atoms with Crippen LogP contribution in [0.1, 0.15) is 32.6 Å². The predicted molar refractivity (Wildman–Crippen MR) is 74.0 cm³/mol. The van der Waals surface area contributed by atoms with Crippen molar-refractivity contribution in [2.75, 3.05) is 14.2 Å². The molecule has 98 valence electrons. The molecule has 0 saturated carbocycles. The molecule has 3 nitrogen and oxygen atoms in total. The minimum absolute atomic E-state index is 0.0931. The van der Waals surface area contributed by atoms with Crippen LogP contribution in [0.15, 0.2) is 28.7 Å². The lowest BCUT2D eigenvalue weighted by Crippen LogP contribution is -2.29. The summed E-state index contributed by atoms with van der Waals surface area (Å²) in [6, 6.07) is 8.20. The molecule has 0 amide bonds. The Morgan fingerprint density at radius 3 is 2.56 bits per heavy atom. The molecule has 0 aliphatic heterocycles. The summed E-state index contributed by atoms with van der Waals surface area (Å²) in [5, 5.41) is 4.40. The first-order valence-electron chi connectivity index (χ1n) is 6.21. The third-order valence-electron chi connectivity index (χ3n) is 3.19. The molecule has 0 saturated heterocycles. The van der Waals surface area contributed by atoms with Gasteiger partial charge in [-0.1, -0.05) is 32.9 Å². The standard InChI is InChI=1S/C15H21NO2/c1-15(2,3)14(16-4)12-9-10-7-6-8-11(17-5)13(10)18-12/h6-9,14,16H,1-5H3. The molecule has 0 aliphatic rings. The smallest absolute Gasteiger partial charge is 0.176 e. The van der Waals surface area contributed by atoms with Crippen molar-refractivity contribution >= 4 is 11.0 Å². The lowest BCUT2D eigenvalue weighted by molar-refractivity contribution is 0.253. The number of hydrogen-bond donors (Lipinski definition) is 1. The van der Waals surface area contributed by atoms with E-state index in [1.807, 2.05) is 25.2 Å². The molecule has 1 N–H and O–H groups in total. The van der Waals surface area contributed by atoms with E-state index in [-0.39, 0.29) is 11.5 Å². The zero-order valence-electron chi connectivity index (χ0n) is 11.7. The van der Waals surface area contributed by atoms with Gasteiger partial charge in [-0.3, -0.25) is 0 Å². The zero-order valence-corrected chi connectivity index (χ0v) is 11.7. The van der Waals surface area contributed by atoms with Crippen LogP contribution in [-0.2, 0) is 0 Å². The average molecular weight is 247 g/mol. The van der Waals surface area contributed by atoms with Gasteiger partial charge in [-0.25, -0.2) is 0 Å². The van der Waals surface area contributed by atoms with E-state index < -0.39 is 0 Å². The van der Waals surface area contributed by atoms with Gasteiger partial charge in [0.05, 0.1) is 13.2 Å². The molecule has 0 aliphatic carbocycles. The second-order valence-corrected chi connectivity index (χ2v) is 5.62. The molecule has 0 bridgehead atoms. The quantitative estimate of drug-likeness (QED) is 0.897. The number of ether oxygens (including phenoxy) is 1. The minimum atomic E-state index is 0.0931. The number of para-hydroxylation sites is 1. The number of benzene rings is 1. The fourth-order valence-corrected chi connectivity index (χ4v) is 2.36. The Kier molecular flexibility index (Phi) is 3.35. The molecule has 2 rings (SSSR count). The summed E-state index contributed by atoms with van der Waals surface area (Å²) in [6.07, 6.45) is 0. The van der Waals surface area contributed by atoms with E-state index in [0.717, 1.165) is 22.5 Å². The highest BCUT2D eigenvalue weighted by molar-refractivity contribution is 5.83. The van der Waals surface area contributed by atoms with E-state index in [2.05, 4.69) is 32.2 Å². The fourth-order valence-electron chi connectivity index (χ4n) is 2.36. The maximum Gasteiger partial charge on any atom is 0.176 e. The molecule has 1 atom stereocenters. The number of fused-ring (bicyclic) bond motifs is 1. The highest BCUT2D eigenvalue weighted by Crippen LogP contribution is 2.37. The first kappa shape index (κ1) is 13.0. The highest BCUT2D eigenvalue weighted by atomic mass is 16.5. The Bertz CT molecular complexity index is 537. The second kappa shape index (κ2) is 4.65. The Balaban J connectivity index is 2.53. The maximum atomic E-state index is 5.98. The highest BCUT2D eigenvalue weighted by Gasteiger charge is 2.28. The van der Waals surface area contributed by atoms with Gasteiger partial charge >= 0.3 is 0 Å². The van der Waals surface area contributed by atoms with Crippen molar-refractivity contribution in [2.24, 2.45) is 5.41 Å². The van der Waals surface area contributed by atoms with Gasteiger partial charge in [0.1, 0.15) is 5.76 Å². The lowest BCUT2D eigenvalue weighted by Gasteiger charge is -2.28. The normalized spacial score (nSPS) is 13.8. The third kappa shape index (κ3) is 2.23. The summed E-state index contributed by atoms with van der Waals surface area (Å²) < 4.78 is 11.3. The van der Waals surface area contributed by atoms with E-state index in [1.165, 1.54) is 0 Å². The molecule has 2 aromatic rings. The molecule has 0 radical (unpaired) electrons. The van der Waals surface area contributed by atoms with Crippen molar-refractivity contribution in [3.05, 3.63) is 30.0 Å². The molecule has 0 fully saturated rings. The summed E-state index contributed by atoms with van der Waals surface area (Å²) in [4.78, 5) is 0. The van der Waals surface area contributed by atoms with Crippen LogP contribution in [0.5, 0.6) is 5.75 Å². The number of methoxy groups -OCH3 is 1. The monoisotopic (exact) mass is 247 g/mol. The number of furan rings is 1. The van der Waals surface area contributed by atoms with E-state index >= 15 is 0 Å². The van der Waals surface area contributed by atoms with Crippen molar-refractivity contribution in [2.45, 2.75) is 26.8 Å². The summed E-state index contributed by atoms with van der Waals surface area (Å²) in [7, 11) is 3.62. The summed E-state index contributed by atoms with van der Waals surface area (Å²) in [5.74, 6) is 1.73. The van der Waals surface area contributed by atoms with Crippen LogP contribution in [0.3, 0.4) is 0 Å². The lowest BCUT2D eigenvalue weighted by atomic mass is 9.85. The Hall–Kier alpha value is -1.48. The molecule has 1 heterocycles. The largest absolute Gasteiger partial charge is 0.493 e. The fraction of sp³-hybridized carbons (Fsp3) is 0.467. The van der Waals surface area contributed by atoms with Crippen molar-refractivity contribution in [3.63, 3.8) is 0 Å². The number of nitrogens with one attached hydrogen (secondary N) is 1.